The van der Waals surface area contributed by atoms with Gasteiger partial charge in [-0.3, -0.25) is 0 Å². The Hall–Kier alpha value is -0.130. The van der Waals surface area contributed by atoms with Crippen LogP contribution in [0.5, 0.6) is 0 Å². The highest BCUT2D eigenvalue weighted by atomic mass is 32.2. The highest BCUT2D eigenvalue weighted by Crippen LogP contribution is 1.86. The molecule has 4 nitrogen and oxygen atoms in total. The minimum Gasteiger partial charge on any atom is -0.313 e. The van der Waals surface area contributed by atoms with Gasteiger partial charge in [-0.2, -0.15) is 0 Å². The molecule has 0 heterocycles. The first-order valence-electron chi connectivity index (χ1n) is 3.69. The van der Waals surface area contributed by atoms with E-state index in [9.17, 15) is 8.42 Å². The summed E-state index contributed by atoms with van der Waals surface area (Å²) >= 11 is 0. The van der Waals surface area contributed by atoms with E-state index in [1.165, 1.54) is 0 Å². The standard InChI is InChI=1S/C6H16N2O2S/c1-3-6(2)8-4-5-11(7,9)10/h6,8H,3-5H2,1-2H3,(H2,7,9,10). The first-order valence-corrected chi connectivity index (χ1v) is 5.41. The molecule has 11 heavy (non-hydrogen) atoms. The van der Waals surface area contributed by atoms with Gasteiger partial charge >= 0.3 is 0 Å². The molecule has 0 rings (SSSR count). The van der Waals surface area contributed by atoms with E-state index in [2.05, 4.69) is 5.32 Å². The summed E-state index contributed by atoms with van der Waals surface area (Å²) < 4.78 is 20.9. The van der Waals surface area contributed by atoms with Crippen LogP contribution in [0.4, 0.5) is 0 Å². The Balaban J connectivity index is 3.43. The number of rotatable bonds is 5. The number of nitrogens with two attached hydrogens (primary N) is 1. The van der Waals surface area contributed by atoms with E-state index >= 15 is 0 Å². The van der Waals surface area contributed by atoms with Gasteiger partial charge in [-0.15, -0.1) is 0 Å². The lowest BCUT2D eigenvalue weighted by Crippen LogP contribution is -2.32. The Morgan fingerprint density at radius 2 is 2.09 bits per heavy atom. The lowest BCUT2D eigenvalue weighted by molar-refractivity contribution is 0.545. The van der Waals surface area contributed by atoms with Crippen molar-refractivity contribution in [3.05, 3.63) is 0 Å². The monoisotopic (exact) mass is 180 g/mol. The highest BCUT2D eigenvalue weighted by molar-refractivity contribution is 7.89. The van der Waals surface area contributed by atoms with Gasteiger partial charge in [0, 0.05) is 12.6 Å². The zero-order chi connectivity index (χ0) is 8.91. The van der Waals surface area contributed by atoms with Gasteiger partial charge in [0.2, 0.25) is 10.0 Å². The molecule has 0 aliphatic carbocycles. The molecule has 0 aromatic carbocycles. The fourth-order valence-electron chi connectivity index (χ4n) is 0.592. The molecular formula is C6H16N2O2S. The van der Waals surface area contributed by atoms with Gasteiger partial charge in [-0.05, 0) is 13.3 Å². The molecule has 0 saturated heterocycles. The Kier molecular flexibility index (Phi) is 4.63. The summed E-state index contributed by atoms with van der Waals surface area (Å²) in [4.78, 5) is 0. The molecule has 0 amide bonds. The second-order valence-corrected chi connectivity index (χ2v) is 4.36. The number of primary sulfonamides is 1. The molecule has 5 heteroatoms. The lowest BCUT2D eigenvalue weighted by atomic mass is 10.3. The Labute approximate surface area is 68.2 Å². The van der Waals surface area contributed by atoms with Crippen LogP contribution < -0.4 is 10.5 Å². The molecule has 0 aromatic rings. The summed E-state index contributed by atoms with van der Waals surface area (Å²) in [5.74, 6) is 0.0112. The zero-order valence-corrected chi connectivity index (χ0v) is 7.82. The molecule has 0 spiro atoms. The molecule has 1 unspecified atom stereocenters. The third kappa shape index (κ3) is 7.77. The largest absolute Gasteiger partial charge is 0.313 e. The van der Waals surface area contributed by atoms with Crippen LogP contribution in [0.15, 0.2) is 0 Å². The van der Waals surface area contributed by atoms with Crippen LogP contribution in [0.2, 0.25) is 0 Å². The summed E-state index contributed by atoms with van der Waals surface area (Å²) in [6.07, 6.45) is 0.991. The molecule has 3 N–H and O–H groups in total. The van der Waals surface area contributed by atoms with Crippen molar-refractivity contribution < 1.29 is 8.42 Å². The van der Waals surface area contributed by atoms with Crippen molar-refractivity contribution in [3.63, 3.8) is 0 Å². The van der Waals surface area contributed by atoms with Crippen LogP contribution in [-0.2, 0) is 10.0 Å². The Bertz CT molecular complexity index is 189. The van der Waals surface area contributed by atoms with Gasteiger partial charge in [0.05, 0.1) is 5.75 Å². The fraction of sp³-hybridized carbons (Fsp3) is 1.00. The van der Waals surface area contributed by atoms with Crippen molar-refractivity contribution in [1.82, 2.24) is 5.32 Å². The van der Waals surface area contributed by atoms with Gasteiger partial charge in [0.25, 0.3) is 0 Å². The van der Waals surface area contributed by atoms with Crippen molar-refractivity contribution in [2.75, 3.05) is 12.3 Å². The molecule has 0 aromatic heterocycles. The van der Waals surface area contributed by atoms with Crippen LogP contribution in [-0.4, -0.2) is 26.8 Å². The van der Waals surface area contributed by atoms with E-state index in [-0.39, 0.29) is 5.75 Å². The maximum absolute atomic E-state index is 10.4. The third-order valence-electron chi connectivity index (χ3n) is 1.49. The normalized spacial score (nSPS) is 14.8. The van der Waals surface area contributed by atoms with E-state index in [0.717, 1.165) is 6.42 Å². The quantitative estimate of drug-likeness (QED) is 0.608. The SMILES string of the molecule is CCC(C)NCCS(N)(=O)=O. The smallest absolute Gasteiger partial charge is 0.210 e. The van der Waals surface area contributed by atoms with Gasteiger partial charge in [-0.1, -0.05) is 6.92 Å². The van der Waals surface area contributed by atoms with Crippen molar-refractivity contribution in [3.8, 4) is 0 Å². The number of sulfonamides is 1. The van der Waals surface area contributed by atoms with Gasteiger partial charge in [0.1, 0.15) is 0 Å². The summed E-state index contributed by atoms with van der Waals surface area (Å²) in [5.41, 5.74) is 0. The molecule has 0 aliphatic heterocycles. The van der Waals surface area contributed by atoms with Gasteiger partial charge in [0.15, 0.2) is 0 Å². The van der Waals surface area contributed by atoms with Crippen molar-refractivity contribution in [2.24, 2.45) is 5.14 Å². The topological polar surface area (TPSA) is 72.2 Å². The van der Waals surface area contributed by atoms with Crippen LogP contribution in [0.25, 0.3) is 0 Å². The van der Waals surface area contributed by atoms with E-state index in [4.69, 9.17) is 5.14 Å². The molecule has 0 aliphatic rings. The van der Waals surface area contributed by atoms with Crippen LogP contribution in [0, 0.1) is 0 Å². The molecule has 0 saturated carbocycles. The zero-order valence-electron chi connectivity index (χ0n) is 7.00. The first kappa shape index (κ1) is 10.9. The van der Waals surface area contributed by atoms with Crippen molar-refractivity contribution >= 4 is 10.0 Å². The maximum Gasteiger partial charge on any atom is 0.210 e. The molecule has 68 valence electrons. The summed E-state index contributed by atoms with van der Waals surface area (Å²) in [5, 5.41) is 7.83. The van der Waals surface area contributed by atoms with E-state index < -0.39 is 10.0 Å². The van der Waals surface area contributed by atoms with Gasteiger partial charge in [-0.25, -0.2) is 13.6 Å². The van der Waals surface area contributed by atoms with Gasteiger partial charge < -0.3 is 5.32 Å². The molecule has 0 bridgehead atoms. The Morgan fingerprint density at radius 3 is 2.45 bits per heavy atom. The average Bonchev–Trinajstić information content (AvgIpc) is 1.85. The lowest BCUT2D eigenvalue weighted by Gasteiger charge is -2.09. The first-order chi connectivity index (χ1) is 4.95. The van der Waals surface area contributed by atoms with E-state index in [1.54, 1.807) is 0 Å². The third-order valence-corrected chi connectivity index (χ3v) is 2.26. The predicted octanol–water partition coefficient (Wildman–Crippen LogP) is -0.337. The average molecular weight is 180 g/mol. The summed E-state index contributed by atoms with van der Waals surface area (Å²) in [7, 11) is -3.29. The van der Waals surface area contributed by atoms with Crippen LogP contribution >= 0.6 is 0 Å². The molecule has 1 atom stereocenters. The summed E-state index contributed by atoms with van der Waals surface area (Å²) in [6, 6.07) is 0.358. The molecule has 0 fully saturated rings. The van der Waals surface area contributed by atoms with E-state index in [0.29, 0.717) is 12.6 Å². The van der Waals surface area contributed by atoms with E-state index in [1.807, 2.05) is 13.8 Å². The van der Waals surface area contributed by atoms with Crippen LogP contribution in [0.3, 0.4) is 0 Å². The molecular weight excluding hydrogens is 164 g/mol. The van der Waals surface area contributed by atoms with Crippen molar-refractivity contribution in [1.29, 1.82) is 0 Å². The maximum atomic E-state index is 10.4. The minimum absolute atomic E-state index is 0.0112. The number of hydrogen-bond acceptors (Lipinski definition) is 3. The number of nitrogens with one attached hydrogen (secondary N) is 1. The van der Waals surface area contributed by atoms with Crippen molar-refractivity contribution in [2.45, 2.75) is 26.3 Å². The molecule has 0 radical (unpaired) electrons. The minimum atomic E-state index is -3.29. The predicted molar refractivity (Wildman–Crippen MR) is 45.7 cm³/mol. The van der Waals surface area contributed by atoms with Crippen LogP contribution in [0.1, 0.15) is 20.3 Å². The number of hydrogen-bond donors (Lipinski definition) is 2. The highest BCUT2D eigenvalue weighted by Gasteiger charge is 2.02. The summed E-state index contributed by atoms with van der Waals surface area (Å²) in [6.45, 7) is 4.48. The fourth-order valence-corrected chi connectivity index (χ4v) is 0.994. The second kappa shape index (κ2) is 4.69. The second-order valence-electron chi connectivity index (χ2n) is 2.63. The Morgan fingerprint density at radius 1 is 1.55 bits per heavy atom.